The molecule has 1 atom stereocenters. The summed E-state index contributed by atoms with van der Waals surface area (Å²) in [5.41, 5.74) is 1.88. The Bertz CT molecular complexity index is 928. The number of piperidine rings is 1. The molecular weight excluding hydrogens is 414 g/mol. The van der Waals surface area contributed by atoms with Crippen LogP contribution in [0.3, 0.4) is 0 Å². The third kappa shape index (κ3) is 5.28. The quantitative estimate of drug-likeness (QED) is 0.789. The number of rotatable bonds is 3. The smallest absolute Gasteiger partial charge is 0.321 e. The topological polar surface area (TPSA) is 68.8 Å². The van der Waals surface area contributed by atoms with Crippen LogP contribution in [0.25, 0.3) is 0 Å². The largest absolute Gasteiger partial charge is 0.353 e. The van der Waals surface area contributed by atoms with Gasteiger partial charge in [0.15, 0.2) is 0 Å². The number of aryl methyl sites for hydroxylation is 1. The number of hydrogen-bond donors (Lipinski definition) is 1. The second-order valence-corrected chi connectivity index (χ2v) is 8.67. The number of anilines is 2. The van der Waals surface area contributed by atoms with Gasteiger partial charge in [-0.3, -0.25) is 4.79 Å². The van der Waals surface area contributed by atoms with Crippen molar-refractivity contribution in [2.45, 2.75) is 19.8 Å². The van der Waals surface area contributed by atoms with Crippen LogP contribution in [0.15, 0.2) is 42.6 Å². The summed E-state index contributed by atoms with van der Waals surface area (Å²) in [7, 11) is 0. The second kappa shape index (κ2) is 9.56. The molecule has 0 aliphatic carbocycles. The normalized spacial score (nSPS) is 19.3. The zero-order chi connectivity index (χ0) is 21.8. The number of amides is 3. The molecule has 1 unspecified atom stereocenters. The monoisotopic (exact) mass is 441 g/mol. The summed E-state index contributed by atoms with van der Waals surface area (Å²) < 4.78 is 0. The van der Waals surface area contributed by atoms with Crippen molar-refractivity contribution in [1.29, 1.82) is 0 Å². The molecule has 0 saturated carbocycles. The minimum Gasteiger partial charge on any atom is -0.353 e. The van der Waals surface area contributed by atoms with E-state index in [2.05, 4.69) is 15.2 Å². The fourth-order valence-corrected chi connectivity index (χ4v) is 4.37. The first kappa shape index (κ1) is 21.4. The van der Waals surface area contributed by atoms with Crippen LogP contribution in [0.1, 0.15) is 18.4 Å². The Balaban J connectivity index is 1.30. The Morgan fingerprint density at radius 3 is 2.58 bits per heavy atom. The molecule has 0 spiro atoms. The number of aromatic nitrogens is 1. The number of pyridine rings is 1. The zero-order valence-corrected chi connectivity index (χ0v) is 18.5. The summed E-state index contributed by atoms with van der Waals surface area (Å²) in [5, 5.41) is 3.57. The molecule has 2 aromatic rings. The molecule has 2 saturated heterocycles. The number of halogens is 1. The van der Waals surface area contributed by atoms with Gasteiger partial charge in [-0.25, -0.2) is 9.78 Å². The molecule has 1 N–H and O–H groups in total. The highest BCUT2D eigenvalue weighted by Crippen LogP contribution is 2.22. The summed E-state index contributed by atoms with van der Waals surface area (Å²) in [6.07, 6.45) is 3.31. The van der Waals surface area contributed by atoms with Gasteiger partial charge in [-0.1, -0.05) is 23.7 Å². The fraction of sp³-hybridized carbons (Fsp3) is 0.435. The first-order valence-electron chi connectivity index (χ1n) is 10.8. The second-order valence-electron chi connectivity index (χ2n) is 8.23. The van der Waals surface area contributed by atoms with E-state index >= 15 is 0 Å². The van der Waals surface area contributed by atoms with Crippen LogP contribution >= 0.6 is 11.6 Å². The van der Waals surface area contributed by atoms with Crippen molar-refractivity contribution in [2.75, 3.05) is 49.5 Å². The Morgan fingerprint density at radius 1 is 1.06 bits per heavy atom. The van der Waals surface area contributed by atoms with Crippen molar-refractivity contribution in [3.05, 3.63) is 53.2 Å². The van der Waals surface area contributed by atoms with E-state index in [1.54, 1.807) is 11.1 Å². The van der Waals surface area contributed by atoms with Gasteiger partial charge in [0, 0.05) is 51.2 Å². The lowest BCUT2D eigenvalue weighted by Gasteiger charge is -2.39. The Kier molecular flexibility index (Phi) is 6.61. The zero-order valence-electron chi connectivity index (χ0n) is 17.8. The highest BCUT2D eigenvalue weighted by molar-refractivity contribution is 6.30. The van der Waals surface area contributed by atoms with Gasteiger partial charge in [0.25, 0.3) is 0 Å². The summed E-state index contributed by atoms with van der Waals surface area (Å²) in [5.74, 6) is 0.891. The Hall–Kier alpha value is -2.80. The molecule has 1 aromatic heterocycles. The van der Waals surface area contributed by atoms with E-state index in [0.29, 0.717) is 31.2 Å². The minimum absolute atomic E-state index is 0.137. The van der Waals surface area contributed by atoms with Crippen LogP contribution < -0.4 is 10.2 Å². The van der Waals surface area contributed by atoms with E-state index in [-0.39, 0.29) is 17.9 Å². The number of urea groups is 1. The average Bonchev–Trinajstić information content (AvgIpc) is 2.79. The average molecular weight is 442 g/mol. The Labute approximate surface area is 188 Å². The third-order valence-electron chi connectivity index (χ3n) is 5.95. The van der Waals surface area contributed by atoms with Crippen LogP contribution in [0.2, 0.25) is 5.02 Å². The lowest BCUT2D eigenvalue weighted by atomic mass is 9.96. The number of nitrogens with one attached hydrogen (secondary N) is 1. The van der Waals surface area contributed by atoms with E-state index < -0.39 is 0 Å². The lowest BCUT2D eigenvalue weighted by Crippen LogP contribution is -2.53. The van der Waals surface area contributed by atoms with Gasteiger partial charge in [0.1, 0.15) is 5.82 Å². The molecule has 2 aliphatic heterocycles. The van der Waals surface area contributed by atoms with Crippen LogP contribution in [0.4, 0.5) is 16.3 Å². The molecule has 0 radical (unpaired) electrons. The van der Waals surface area contributed by atoms with Gasteiger partial charge >= 0.3 is 6.03 Å². The number of hydrogen-bond acceptors (Lipinski definition) is 4. The standard InChI is InChI=1S/C23H28ClN5O2/c1-17-4-2-6-20(14-17)26-23(31)29-9-3-5-18(16-29)22(30)28-12-10-27(11-13-28)21-8-7-19(24)15-25-21/h2,4,6-8,14-15,18H,3,5,9-13,16H2,1H3,(H,26,31). The van der Waals surface area contributed by atoms with E-state index in [0.717, 1.165) is 43.0 Å². The van der Waals surface area contributed by atoms with Crippen LogP contribution in [0, 0.1) is 12.8 Å². The SMILES string of the molecule is Cc1cccc(NC(=O)N2CCCC(C(=O)N3CCN(c4ccc(Cl)cn4)CC3)C2)c1. The molecule has 8 heteroatoms. The molecule has 2 fully saturated rings. The number of carbonyl (C=O) groups is 2. The molecule has 3 heterocycles. The molecule has 3 amide bonds. The first-order chi connectivity index (χ1) is 15.0. The summed E-state index contributed by atoms with van der Waals surface area (Å²) in [6.45, 7) is 5.94. The predicted molar refractivity (Wildman–Crippen MR) is 123 cm³/mol. The maximum absolute atomic E-state index is 13.1. The van der Waals surface area contributed by atoms with Crippen molar-refractivity contribution in [3.8, 4) is 0 Å². The molecule has 2 aliphatic rings. The molecule has 0 bridgehead atoms. The molecule has 4 rings (SSSR count). The van der Waals surface area contributed by atoms with E-state index in [1.807, 2.05) is 48.2 Å². The lowest BCUT2D eigenvalue weighted by molar-refractivity contribution is -0.137. The van der Waals surface area contributed by atoms with Crippen molar-refractivity contribution in [2.24, 2.45) is 5.92 Å². The maximum atomic E-state index is 13.1. The number of likely N-dealkylation sites (tertiary alicyclic amines) is 1. The van der Waals surface area contributed by atoms with Crippen molar-refractivity contribution in [1.82, 2.24) is 14.8 Å². The van der Waals surface area contributed by atoms with Crippen LogP contribution in [-0.4, -0.2) is 66.0 Å². The van der Waals surface area contributed by atoms with Crippen molar-refractivity contribution in [3.63, 3.8) is 0 Å². The van der Waals surface area contributed by atoms with Crippen LogP contribution in [0.5, 0.6) is 0 Å². The van der Waals surface area contributed by atoms with Gasteiger partial charge < -0.3 is 20.0 Å². The molecule has 1 aromatic carbocycles. The minimum atomic E-state index is -0.141. The van der Waals surface area contributed by atoms with E-state index in [1.165, 1.54) is 0 Å². The number of benzene rings is 1. The highest BCUT2D eigenvalue weighted by atomic mass is 35.5. The summed E-state index contributed by atoms with van der Waals surface area (Å²) >= 11 is 5.92. The predicted octanol–water partition coefficient (Wildman–Crippen LogP) is 3.64. The van der Waals surface area contributed by atoms with Gasteiger partial charge in [-0.05, 0) is 49.6 Å². The van der Waals surface area contributed by atoms with Crippen molar-refractivity contribution < 1.29 is 9.59 Å². The number of carbonyl (C=O) groups excluding carboxylic acids is 2. The summed E-state index contributed by atoms with van der Waals surface area (Å²) in [6, 6.07) is 11.3. The maximum Gasteiger partial charge on any atom is 0.321 e. The first-order valence-corrected chi connectivity index (χ1v) is 11.2. The Morgan fingerprint density at radius 2 is 1.87 bits per heavy atom. The molecule has 31 heavy (non-hydrogen) atoms. The summed E-state index contributed by atoms with van der Waals surface area (Å²) in [4.78, 5) is 36.1. The molecule has 164 valence electrons. The number of nitrogens with zero attached hydrogens (tertiary/aromatic N) is 4. The van der Waals surface area contributed by atoms with Crippen molar-refractivity contribution >= 4 is 35.0 Å². The fourth-order valence-electron chi connectivity index (χ4n) is 4.26. The van der Waals surface area contributed by atoms with E-state index in [9.17, 15) is 9.59 Å². The van der Waals surface area contributed by atoms with Gasteiger partial charge in [-0.2, -0.15) is 0 Å². The highest BCUT2D eigenvalue weighted by Gasteiger charge is 2.32. The third-order valence-corrected chi connectivity index (χ3v) is 6.18. The van der Waals surface area contributed by atoms with Gasteiger partial charge in [0.05, 0.1) is 10.9 Å². The van der Waals surface area contributed by atoms with Crippen LogP contribution in [-0.2, 0) is 4.79 Å². The number of piperazine rings is 1. The van der Waals surface area contributed by atoms with Gasteiger partial charge in [-0.15, -0.1) is 0 Å². The molecule has 7 nitrogen and oxygen atoms in total. The molecular formula is C23H28ClN5O2. The van der Waals surface area contributed by atoms with Gasteiger partial charge in [0.2, 0.25) is 5.91 Å². The van der Waals surface area contributed by atoms with E-state index in [4.69, 9.17) is 11.6 Å².